The Morgan fingerprint density at radius 1 is 1.16 bits per heavy atom. The molecule has 0 aliphatic heterocycles. The van der Waals surface area contributed by atoms with E-state index < -0.39 is 0 Å². The Kier molecular flexibility index (Phi) is 2.68. The maximum atomic E-state index is 5.73. The fraction of sp³-hybridized carbons (Fsp3) is 0.0769. The minimum absolute atomic E-state index is 0.567. The van der Waals surface area contributed by atoms with Crippen LogP contribution in [0.4, 0.5) is 5.69 Å². The molecule has 6 heteroatoms. The topological polar surface area (TPSA) is 82.5 Å². The molecule has 0 saturated carbocycles. The van der Waals surface area contributed by atoms with Crippen LogP contribution in [0.3, 0.4) is 0 Å². The summed E-state index contributed by atoms with van der Waals surface area (Å²) in [6, 6.07) is 11.5. The summed E-state index contributed by atoms with van der Waals surface area (Å²) in [4.78, 5) is 5.59. The number of nitrogen functional groups attached to an aromatic ring is 1. The first-order valence-electron chi connectivity index (χ1n) is 5.82. The molecule has 6 nitrogen and oxygen atoms in total. The van der Waals surface area contributed by atoms with E-state index in [4.69, 9.17) is 5.73 Å². The molecule has 0 fully saturated rings. The second kappa shape index (κ2) is 4.49. The third-order valence-corrected chi connectivity index (χ3v) is 2.79. The van der Waals surface area contributed by atoms with Crippen LogP contribution < -0.4 is 5.73 Å². The first-order chi connectivity index (χ1) is 9.24. The number of nitrogens with two attached hydrogens (primary N) is 1. The van der Waals surface area contributed by atoms with Crippen molar-refractivity contribution in [3.63, 3.8) is 0 Å². The molecule has 0 saturated heterocycles. The smallest absolute Gasteiger partial charge is 0.205 e. The Morgan fingerprint density at radius 2 is 1.95 bits per heavy atom. The molecule has 0 amide bonds. The molecule has 3 aromatic rings. The number of pyridine rings is 1. The second-order valence-corrected chi connectivity index (χ2v) is 4.17. The first kappa shape index (κ1) is 11.3. The predicted octanol–water partition coefficient (Wildman–Crippen LogP) is 1.61. The molecule has 0 aliphatic carbocycles. The number of aromatic nitrogens is 5. The summed E-state index contributed by atoms with van der Waals surface area (Å²) in [5.41, 5.74) is 8.23. The molecule has 0 radical (unpaired) electrons. The van der Waals surface area contributed by atoms with E-state index in [-0.39, 0.29) is 0 Å². The van der Waals surface area contributed by atoms with Gasteiger partial charge >= 0.3 is 0 Å². The molecular formula is C13H12N6. The number of hydrogen-bond donors (Lipinski definition) is 1. The third-order valence-electron chi connectivity index (χ3n) is 2.79. The van der Waals surface area contributed by atoms with Crippen molar-refractivity contribution in [1.29, 1.82) is 0 Å². The molecule has 1 aromatic carbocycles. The van der Waals surface area contributed by atoms with Gasteiger partial charge in [-0.25, -0.2) is 4.98 Å². The van der Waals surface area contributed by atoms with Crippen molar-refractivity contribution in [2.45, 2.75) is 6.92 Å². The van der Waals surface area contributed by atoms with E-state index in [1.165, 1.54) is 4.80 Å². The summed E-state index contributed by atoms with van der Waals surface area (Å²) < 4.78 is 0. The van der Waals surface area contributed by atoms with Gasteiger partial charge in [0.15, 0.2) is 5.82 Å². The monoisotopic (exact) mass is 252 g/mol. The molecule has 0 spiro atoms. The number of hydrogen-bond acceptors (Lipinski definition) is 5. The van der Waals surface area contributed by atoms with Crippen molar-refractivity contribution in [2.75, 3.05) is 5.73 Å². The fourth-order valence-electron chi connectivity index (χ4n) is 1.68. The van der Waals surface area contributed by atoms with Gasteiger partial charge in [0.1, 0.15) is 0 Å². The minimum atomic E-state index is 0.567. The molecule has 19 heavy (non-hydrogen) atoms. The number of nitrogens with zero attached hydrogens (tertiary/aromatic N) is 5. The molecule has 2 N–H and O–H groups in total. The zero-order valence-electron chi connectivity index (χ0n) is 10.4. The SMILES string of the molecule is Cc1cc(-n2nnc(-c3ccccc3)n2)ncc1N. The van der Waals surface area contributed by atoms with Gasteiger partial charge in [-0.2, -0.15) is 0 Å². The number of benzene rings is 1. The fourth-order valence-corrected chi connectivity index (χ4v) is 1.68. The zero-order valence-corrected chi connectivity index (χ0v) is 10.4. The van der Waals surface area contributed by atoms with E-state index in [1.807, 2.05) is 43.3 Å². The van der Waals surface area contributed by atoms with Crippen molar-refractivity contribution in [3.05, 3.63) is 48.2 Å². The highest BCUT2D eigenvalue weighted by molar-refractivity contribution is 5.53. The van der Waals surface area contributed by atoms with Gasteiger partial charge < -0.3 is 5.73 Å². The Balaban J connectivity index is 1.99. The van der Waals surface area contributed by atoms with Gasteiger partial charge in [-0.1, -0.05) is 30.3 Å². The van der Waals surface area contributed by atoms with Crippen LogP contribution in [-0.4, -0.2) is 25.2 Å². The van der Waals surface area contributed by atoms with Crippen LogP contribution in [0.1, 0.15) is 5.56 Å². The molecule has 3 rings (SSSR count). The summed E-state index contributed by atoms with van der Waals surface area (Å²) in [5.74, 6) is 1.17. The Bertz CT molecular complexity index is 704. The van der Waals surface area contributed by atoms with E-state index >= 15 is 0 Å². The quantitative estimate of drug-likeness (QED) is 0.749. The molecule has 0 bridgehead atoms. The Morgan fingerprint density at radius 3 is 2.68 bits per heavy atom. The maximum Gasteiger partial charge on any atom is 0.205 e. The minimum Gasteiger partial charge on any atom is -0.397 e. The van der Waals surface area contributed by atoms with Gasteiger partial charge in [0.25, 0.3) is 0 Å². The summed E-state index contributed by atoms with van der Waals surface area (Å²) in [6.07, 6.45) is 1.59. The zero-order chi connectivity index (χ0) is 13.2. The lowest BCUT2D eigenvalue weighted by Gasteiger charge is -2.01. The van der Waals surface area contributed by atoms with Crippen molar-refractivity contribution in [2.24, 2.45) is 0 Å². The number of tetrazole rings is 1. The number of rotatable bonds is 2. The van der Waals surface area contributed by atoms with Crippen LogP contribution in [0, 0.1) is 6.92 Å². The van der Waals surface area contributed by atoms with Gasteiger partial charge in [0.2, 0.25) is 5.82 Å². The second-order valence-electron chi connectivity index (χ2n) is 4.17. The van der Waals surface area contributed by atoms with Crippen molar-refractivity contribution < 1.29 is 0 Å². The van der Waals surface area contributed by atoms with E-state index in [2.05, 4.69) is 20.4 Å². The Labute approximate surface area is 109 Å². The molecule has 0 unspecified atom stereocenters. The van der Waals surface area contributed by atoms with Crippen LogP contribution in [0.2, 0.25) is 0 Å². The standard InChI is InChI=1S/C13H12N6/c1-9-7-12(15-8-11(9)14)19-17-13(16-18-19)10-5-3-2-4-6-10/h2-8H,14H2,1H3. The highest BCUT2D eigenvalue weighted by Gasteiger charge is 2.08. The lowest BCUT2D eigenvalue weighted by molar-refractivity contribution is 0.700. The average molecular weight is 252 g/mol. The van der Waals surface area contributed by atoms with Gasteiger partial charge in [-0.05, 0) is 23.8 Å². The van der Waals surface area contributed by atoms with Crippen LogP contribution in [0.25, 0.3) is 17.2 Å². The highest BCUT2D eigenvalue weighted by Crippen LogP contribution is 2.15. The van der Waals surface area contributed by atoms with Crippen LogP contribution in [-0.2, 0) is 0 Å². The third kappa shape index (κ3) is 2.15. The first-order valence-corrected chi connectivity index (χ1v) is 5.82. The molecule has 2 heterocycles. The maximum absolute atomic E-state index is 5.73. The largest absolute Gasteiger partial charge is 0.397 e. The summed E-state index contributed by atoms with van der Waals surface area (Å²) in [6.45, 7) is 1.91. The molecule has 2 aromatic heterocycles. The van der Waals surface area contributed by atoms with E-state index in [1.54, 1.807) is 6.20 Å². The van der Waals surface area contributed by atoms with Gasteiger partial charge in [-0.15, -0.1) is 15.0 Å². The van der Waals surface area contributed by atoms with Gasteiger partial charge in [-0.3, -0.25) is 0 Å². The predicted molar refractivity (Wildman–Crippen MR) is 71.5 cm³/mol. The van der Waals surface area contributed by atoms with E-state index in [0.29, 0.717) is 17.3 Å². The van der Waals surface area contributed by atoms with E-state index in [0.717, 1.165) is 11.1 Å². The summed E-state index contributed by atoms with van der Waals surface area (Å²) in [7, 11) is 0. The highest BCUT2D eigenvalue weighted by atomic mass is 15.6. The number of aryl methyl sites for hydroxylation is 1. The van der Waals surface area contributed by atoms with Crippen LogP contribution in [0.5, 0.6) is 0 Å². The normalized spacial score (nSPS) is 10.6. The average Bonchev–Trinajstić information content (AvgIpc) is 2.93. The summed E-state index contributed by atoms with van der Waals surface area (Å²) >= 11 is 0. The van der Waals surface area contributed by atoms with Crippen LogP contribution >= 0.6 is 0 Å². The number of anilines is 1. The molecular weight excluding hydrogens is 240 g/mol. The summed E-state index contributed by atoms with van der Waals surface area (Å²) in [5, 5.41) is 12.3. The Hall–Kier alpha value is -2.76. The molecule has 0 aliphatic rings. The lowest BCUT2D eigenvalue weighted by Crippen LogP contribution is -2.03. The van der Waals surface area contributed by atoms with Crippen molar-refractivity contribution >= 4 is 5.69 Å². The van der Waals surface area contributed by atoms with Gasteiger partial charge in [0.05, 0.1) is 11.9 Å². The van der Waals surface area contributed by atoms with Crippen LogP contribution in [0.15, 0.2) is 42.6 Å². The van der Waals surface area contributed by atoms with Crippen molar-refractivity contribution in [3.8, 4) is 17.2 Å². The molecule has 94 valence electrons. The van der Waals surface area contributed by atoms with Crippen molar-refractivity contribution in [1.82, 2.24) is 25.2 Å². The van der Waals surface area contributed by atoms with E-state index in [9.17, 15) is 0 Å². The van der Waals surface area contributed by atoms with Gasteiger partial charge in [0, 0.05) is 5.56 Å². The lowest BCUT2D eigenvalue weighted by atomic mass is 10.2. The molecule has 0 atom stereocenters.